The Morgan fingerprint density at radius 2 is 1.96 bits per heavy atom. The molecule has 0 saturated carbocycles. The highest BCUT2D eigenvalue weighted by molar-refractivity contribution is 6.32. The lowest BCUT2D eigenvalue weighted by Gasteiger charge is -2.20. The number of nitrogens with zero attached hydrogens (tertiary/aromatic N) is 2. The Morgan fingerprint density at radius 1 is 1.25 bits per heavy atom. The Morgan fingerprint density at radius 3 is 2.58 bits per heavy atom. The van der Waals surface area contributed by atoms with Crippen LogP contribution in [-0.2, 0) is 4.74 Å². The fraction of sp³-hybridized carbons (Fsp3) is 0.267. The minimum absolute atomic E-state index is 0.0999. The van der Waals surface area contributed by atoms with Crippen LogP contribution in [-0.4, -0.2) is 21.7 Å². The first kappa shape index (κ1) is 17.9. The van der Waals surface area contributed by atoms with Crippen LogP contribution in [0.25, 0.3) is 0 Å². The molecule has 0 radical (unpaired) electrons. The predicted molar refractivity (Wildman–Crippen MR) is 83.3 cm³/mol. The van der Waals surface area contributed by atoms with Crippen molar-refractivity contribution in [3.63, 3.8) is 0 Å². The van der Waals surface area contributed by atoms with Crippen LogP contribution >= 0.6 is 11.6 Å². The molecule has 2 aromatic rings. The first-order valence-corrected chi connectivity index (χ1v) is 7.17. The number of rotatable bonds is 3. The summed E-state index contributed by atoms with van der Waals surface area (Å²) >= 11 is 5.92. The first-order chi connectivity index (χ1) is 11.2. The summed E-state index contributed by atoms with van der Waals surface area (Å²) < 4.78 is 37.0. The number of carbonyl (C=O) groups excluding carboxylic acids is 1. The van der Waals surface area contributed by atoms with Gasteiger partial charge in [0, 0.05) is 6.07 Å². The van der Waals surface area contributed by atoms with Crippen LogP contribution in [0.5, 0.6) is 11.6 Å². The summed E-state index contributed by atoms with van der Waals surface area (Å²) in [6.45, 7) is 5.04. The second-order valence-electron chi connectivity index (χ2n) is 5.65. The Labute approximate surface area is 141 Å². The van der Waals surface area contributed by atoms with Crippen LogP contribution in [0.4, 0.5) is 19.3 Å². The molecule has 24 heavy (non-hydrogen) atoms. The third kappa shape index (κ3) is 4.76. The topological polar surface area (TPSA) is 73.3 Å². The number of benzene rings is 1. The van der Waals surface area contributed by atoms with E-state index in [0.717, 1.165) is 18.5 Å². The maximum absolute atomic E-state index is 13.7. The molecule has 0 saturated heterocycles. The predicted octanol–water partition coefficient (Wildman–Crippen LogP) is 4.55. The minimum atomic E-state index is -0.937. The van der Waals surface area contributed by atoms with Gasteiger partial charge < -0.3 is 9.47 Å². The zero-order valence-corrected chi connectivity index (χ0v) is 13.8. The SMILES string of the molecule is CC(C)(C)OC(=O)Nc1c(Cl)ncnc1Oc1ccc(F)cc1F. The van der Waals surface area contributed by atoms with Crippen molar-refractivity contribution in [2.75, 3.05) is 5.32 Å². The number of aromatic nitrogens is 2. The summed E-state index contributed by atoms with van der Waals surface area (Å²) in [6.07, 6.45) is 0.253. The summed E-state index contributed by atoms with van der Waals surface area (Å²) in [5, 5.41) is 2.22. The van der Waals surface area contributed by atoms with E-state index >= 15 is 0 Å². The standard InChI is InChI=1S/C15H14ClF2N3O3/c1-15(2,3)24-14(22)21-11-12(16)19-7-20-13(11)23-10-5-4-8(17)6-9(10)18/h4-7H,1-3H3,(H,21,22). The van der Waals surface area contributed by atoms with Crippen LogP contribution in [0, 0.1) is 11.6 Å². The molecule has 2 rings (SSSR count). The molecule has 1 amide bonds. The fourth-order valence-corrected chi connectivity index (χ4v) is 1.77. The van der Waals surface area contributed by atoms with E-state index < -0.39 is 23.3 Å². The van der Waals surface area contributed by atoms with E-state index in [-0.39, 0.29) is 22.5 Å². The molecule has 0 aliphatic heterocycles. The number of anilines is 1. The summed E-state index contributed by atoms with van der Waals surface area (Å²) in [5.74, 6) is -2.20. The lowest BCUT2D eigenvalue weighted by Crippen LogP contribution is -2.27. The van der Waals surface area contributed by atoms with Crippen molar-refractivity contribution in [3.05, 3.63) is 41.3 Å². The van der Waals surface area contributed by atoms with Crippen LogP contribution in [0.3, 0.4) is 0 Å². The molecule has 1 heterocycles. The van der Waals surface area contributed by atoms with Crippen LogP contribution in [0.1, 0.15) is 20.8 Å². The molecular weight excluding hydrogens is 344 g/mol. The smallest absolute Gasteiger partial charge is 0.412 e. The van der Waals surface area contributed by atoms with Gasteiger partial charge in [-0.1, -0.05) is 11.6 Å². The number of hydrogen-bond donors (Lipinski definition) is 1. The molecule has 9 heteroatoms. The monoisotopic (exact) mass is 357 g/mol. The van der Waals surface area contributed by atoms with Crippen molar-refractivity contribution < 1.29 is 23.0 Å². The molecule has 1 aromatic carbocycles. The Bertz CT molecular complexity index is 766. The molecule has 0 atom stereocenters. The zero-order valence-electron chi connectivity index (χ0n) is 13.1. The van der Waals surface area contributed by atoms with Gasteiger partial charge >= 0.3 is 6.09 Å². The number of nitrogens with one attached hydrogen (secondary N) is 1. The lowest BCUT2D eigenvalue weighted by atomic mass is 10.2. The molecule has 1 aromatic heterocycles. The maximum atomic E-state index is 13.7. The largest absolute Gasteiger partial charge is 0.444 e. The Hall–Kier alpha value is -2.48. The molecule has 1 N–H and O–H groups in total. The second kappa shape index (κ2) is 6.96. The van der Waals surface area contributed by atoms with Gasteiger partial charge in [0.1, 0.15) is 23.4 Å². The second-order valence-corrected chi connectivity index (χ2v) is 6.01. The molecule has 0 aliphatic carbocycles. The maximum Gasteiger partial charge on any atom is 0.412 e. The van der Waals surface area contributed by atoms with Crippen molar-refractivity contribution in [3.8, 4) is 11.6 Å². The Balaban J connectivity index is 2.28. The van der Waals surface area contributed by atoms with Crippen molar-refractivity contribution in [1.82, 2.24) is 9.97 Å². The number of carbonyl (C=O) groups is 1. The van der Waals surface area contributed by atoms with Gasteiger partial charge in [0.05, 0.1) is 0 Å². The van der Waals surface area contributed by atoms with Crippen LogP contribution < -0.4 is 10.1 Å². The van der Waals surface area contributed by atoms with E-state index in [9.17, 15) is 13.6 Å². The van der Waals surface area contributed by atoms with Crippen LogP contribution in [0.2, 0.25) is 5.15 Å². The van der Waals surface area contributed by atoms with Gasteiger partial charge in [-0.25, -0.2) is 18.6 Å². The highest BCUT2D eigenvalue weighted by atomic mass is 35.5. The number of amides is 1. The molecule has 0 aliphatic rings. The van der Waals surface area contributed by atoms with Crippen molar-refractivity contribution in [2.45, 2.75) is 26.4 Å². The highest BCUT2D eigenvalue weighted by Crippen LogP contribution is 2.33. The normalized spacial score (nSPS) is 11.1. The number of hydrogen-bond acceptors (Lipinski definition) is 5. The summed E-state index contributed by atoms with van der Waals surface area (Å²) in [7, 11) is 0. The summed E-state index contributed by atoms with van der Waals surface area (Å²) in [5.41, 5.74) is -0.840. The third-order valence-corrected chi connectivity index (χ3v) is 2.78. The highest BCUT2D eigenvalue weighted by Gasteiger charge is 2.21. The van der Waals surface area contributed by atoms with Gasteiger partial charge in [0.25, 0.3) is 0 Å². The third-order valence-electron chi connectivity index (χ3n) is 2.49. The minimum Gasteiger partial charge on any atom is -0.444 e. The average molecular weight is 358 g/mol. The van der Waals surface area contributed by atoms with E-state index in [1.54, 1.807) is 20.8 Å². The number of ether oxygens (including phenoxy) is 2. The molecule has 0 spiro atoms. The Kier molecular flexibility index (Phi) is 5.18. The van der Waals surface area contributed by atoms with Gasteiger partial charge in [-0.15, -0.1) is 0 Å². The molecule has 128 valence electrons. The van der Waals surface area contributed by atoms with E-state index in [2.05, 4.69) is 15.3 Å². The molecule has 0 fully saturated rings. The molecule has 0 bridgehead atoms. The molecule has 0 unspecified atom stereocenters. The molecule has 6 nitrogen and oxygen atoms in total. The van der Waals surface area contributed by atoms with E-state index in [1.165, 1.54) is 0 Å². The number of halogens is 3. The first-order valence-electron chi connectivity index (χ1n) is 6.79. The van der Waals surface area contributed by atoms with E-state index in [4.69, 9.17) is 21.1 Å². The van der Waals surface area contributed by atoms with Crippen molar-refractivity contribution in [1.29, 1.82) is 0 Å². The quantitative estimate of drug-likeness (QED) is 0.816. The lowest BCUT2D eigenvalue weighted by molar-refractivity contribution is 0.0635. The summed E-state index contributed by atoms with van der Waals surface area (Å²) in [6, 6.07) is 2.75. The van der Waals surface area contributed by atoms with Gasteiger partial charge in [-0.05, 0) is 32.9 Å². The van der Waals surface area contributed by atoms with Crippen molar-refractivity contribution >= 4 is 23.4 Å². The van der Waals surface area contributed by atoms with Gasteiger partial charge in [-0.3, -0.25) is 5.32 Å². The van der Waals surface area contributed by atoms with Crippen LogP contribution in [0.15, 0.2) is 24.5 Å². The molecular formula is C15H14ClF2N3O3. The van der Waals surface area contributed by atoms with E-state index in [0.29, 0.717) is 6.07 Å². The van der Waals surface area contributed by atoms with Gasteiger partial charge in [0.2, 0.25) is 5.88 Å². The fourth-order valence-electron chi connectivity index (χ4n) is 1.60. The summed E-state index contributed by atoms with van der Waals surface area (Å²) in [4.78, 5) is 19.4. The van der Waals surface area contributed by atoms with Gasteiger partial charge in [-0.2, -0.15) is 4.98 Å². The van der Waals surface area contributed by atoms with Crippen molar-refractivity contribution in [2.24, 2.45) is 0 Å². The zero-order chi connectivity index (χ0) is 17.9. The van der Waals surface area contributed by atoms with Gasteiger partial charge in [0.15, 0.2) is 16.7 Å². The van der Waals surface area contributed by atoms with E-state index in [1.807, 2.05) is 0 Å². The average Bonchev–Trinajstić information content (AvgIpc) is 2.43.